The van der Waals surface area contributed by atoms with Gasteiger partial charge in [0.2, 0.25) is 0 Å². The van der Waals surface area contributed by atoms with E-state index in [1.807, 2.05) is 29.9 Å². The molecule has 1 heterocycles. The van der Waals surface area contributed by atoms with Crippen molar-refractivity contribution in [3.05, 3.63) is 41.6 Å². The van der Waals surface area contributed by atoms with Gasteiger partial charge in [-0.3, -0.25) is 0 Å². The van der Waals surface area contributed by atoms with Gasteiger partial charge in [0.05, 0.1) is 11.4 Å². The minimum absolute atomic E-state index is 0.548. The summed E-state index contributed by atoms with van der Waals surface area (Å²) in [5, 5.41) is 7.40. The molecule has 2 rings (SSSR count). The van der Waals surface area contributed by atoms with Crippen molar-refractivity contribution in [3.8, 4) is 5.69 Å². The van der Waals surface area contributed by atoms with Crippen LogP contribution >= 0.6 is 0 Å². The van der Waals surface area contributed by atoms with Gasteiger partial charge in [0, 0.05) is 12.6 Å². The Labute approximate surface area is 95.1 Å². The normalized spacial score (nSPS) is 10.6. The molecular weight excluding hydrogens is 200 g/mol. The van der Waals surface area contributed by atoms with Crippen molar-refractivity contribution in [2.45, 2.75) is 13.5 Å². The molecule has 4 heteroatoms. The molecule has 3 N–H and O–H groups in total. The van der Waals surface area contributed by atoms with Crippen LogP contribution in [-0.4, -0.2) is 16.8 Å². The molecule has 0 fully saturated rings. The van der Waals surface area contributed by atoms with E-state index in [1.54, 1.807) is 0 Å². The Morgan fingerprint density at radius 1 is 1.38 bits per heavy atom. The van der Waals surface area contributed by atoms with E-state index in [-0.39, 0.29) is 0 Å². The van der Waals surface area contributed by atoms with Crippen molar-refractivity contribution in [1.29, 1.82) is 0 Å². The zero-order valence-electron chi connectivity index (χ0n) is 9.57. The second-order valence-electron chi connectivity index (χ2n) is 3.84. The molecular formula is C12H16N4. The third-order valence-corrected chi connectivity index (χ3v) is 2.41. The average Bonchev–Trinajstić information content (AvgIpc) is 2.60. The lowest BCUT2D eigenvalue weighted by molar-refractivity contribution is 0.730. The zero-order valence-corrected chi connectivity index (χ0v) is 9.57. The maximum absolute atomic E-state index is 5.73. The summed E-state index contributed by atoms with van der Waals surface area (Å²) in [6, 6.07) is 10.1. The summed E-state index contributed by atoms with van der Waals surface area (Å²) < 4.78 is 1.87. The first-order valence-electron chi connectivity index (χ1n) is 5.27. The number of aromatic nitrogens is 2. The first-order chi connectivity index (χ1) is 7.70. The minimum Gasteiger partial charge on any atom is -0.382 e. The average molecular weight is 216 g/mol. The largest absolute Gasteiger partial charge is 0.382 e. The van der Waals surface area contributed by atoms with E-state index in [1.165, 1.54) is 5.56 Å². The number of rotatable bonds is 3. The molecule has 1 aromatic heterocycles. The lowest BCUT2D eigenvalue weighted by Gasteiger charge is -2.07. The van der Waals surface area contributed by atoms with Gasteiger partial charge in [0.1, 0.15) is 5.82 Å². The quantitative estimate of drug-likeness (QED) is 0.817. The van der Waals surface area contributed by atoms with Crippen LogP contribution in [0.1, 0.15) is 11.3 Å². The minimum atomic E-state index is 0.548. The fraction of sp³-hybridized carbons (Fsp3) is 0.250. The van der Waals surface area contributed by atoms with Gasteiger partial charge in [0.15, 0.2) is 0 Å². The number of nitrogens with zero attached hydrogens (tertiary/aromatic N) is 2. The van der Waals surface area contributed by atoms with Crippen LogP contribution in [0.5, 0.6) is 0 Å². The zero-order chi connectivity index (χ0) is 11.5. The Kier molecular flexibility index (Phi) is 2.92. The van der Waals surface area contributed by atoms with E-state index < -0.39 is 0 Å². The molecule has 0 aliphatic heterocycles. The number of nitrogens with two attached hydrogens (primary N) is 1. The highest BCUT2D eigenvalue weighted by Crippen LogP contribution is 2.15. The standard InChI is InChI=1S/C12H16N4/c1-9-4-3-5-10(6-9)16-11(8-14-2)7-12(13)15-16/h3-7,14H,8H2,1-2H3,(H2,13,15). The number of nitrogens with one attached hydrogen (secondary N) is 1. The van der Waals surface area contributed by atoms with E-state index >= 15 is 0 Å². The number of anilines is 1. The van der Waals surface area contributed by atoms with Crippen molar-refractivity contribution in [2.24, 2.45) is 0 Å². The van der Waals surface area contributed by atoms with Crippen molar-refractivity contribution in [2.75, 3.05) is 12.8 Å². The summed E-state index contributed by atoms with van der Waals surface area (Å²) in [5.41, 5.74) is 9.04. The van der Waals surface area contributed by atoms with Crippen molar-refractivity contribution >= 4 is 5.82 Å². The van der Waals surface area contributed by atoms with Crippen LogP contribution in [0.2, 0.25) is 0 Å². The van der Waals surface area contributed by atoms with E-state index in [4.69, 9.17) is 5.73 Å². The van der Waals surface area contributed by atoms with Crippen LogP contribution in [0, 0.1) is 6.92 Å². The summed E-state index contributed by atoms with van der Waals surface area (Å²) in [6.07, 6.45) is 0. The molecule has 0 bridgehead atoms. The van der Waals surface area contributed by atoms with Gasteiger partial charge in [-0.15, -0.1) is 0 Å². The second-order valence-corrected chi connectivity index (χ2v) is 3.84. The van der Waals surface area contributed by atoms with E-state index in [9.17, 15) is 0 Å². The van der Waals surface area contributed by atoms with Crippen LogP contribution in [0.3, 0.4) is 0 Å². The Morgan fingerprint density at radius 3 is 2.88 bits per heavy atom. The van der Waals surface area contributed by atoms with Crippen LogP contribution < -0.4 is 11.1 Å². The molecule has 0 saturated carbocycles. The first kappa shape index (κ1) is 10.7. The van der Waals surface area contributed by atoms with Gasteiger partial charge in [-0.25, -0.2) is 4.68 Å². The van der Waals surface area contributed by atoms with Crippen molar-refractivity contribution in [1.82, 2.24) is 15.1 Å². The van der Waals surface area contributed by atoms with Crippen LogP contribution in [0.4, 0.5) is 5.82 Å². The summed E-state index contributed by atoms with van der Waals surface area (Å²) in [7, 11) is 1.91. The van der Waals surface area contributed by atoms with Gasteiger partial charge < -0.3 is 11.1 Å². The third kappa shape index (κ3) is 2.06. The van der Waals surface area contributed by atoms with Gasteiger partial charge >= 0.3 is 0 Å². The monoisotopic (exact) mass is 216 g/mol. The number of hydrogen-bond donors (Lipinski definition) is 2. The second kappa shape index (κ2) is 4.37. The van der Waals surface area contributed by atoms with E-state index in [0.29, 0.717) is 5.82 Å². The predicted molar refractivity (Wildman–Crippen MR) is 65.5 cm³/mol. The third-order valence-electron chi connectivity index (χ3n) is 2.41. The summed E-state index contributed by atoms with van der Waals surface area (Å²) in [6.45, 7) is 2.81. The number of aryl methyl sites for hydroxylation is 1. The molecule has 0 aliphatic carbocycles. The molecule has 0 aliphatic rings. The molecule has 0 spiro atoms. The molecule has 1 aromatic carbocycles. The van der Waals surface area contributed by atoms with Crippen molar-refractivity contribution < 1.29 is 0 Å². The maximum atomic E-state index is 5.73. The van der Waals surface area contributed by atoms with Gasteiger partial charge in [-0.05, 0) is 31.7 Å². The molecule has 0 radical (unpaired) electrons. The first-order valence-corrected chi connectivity index (χ1v) is 5.27. The molecule has 0 amide bonds. The Hall–Kier alpha value is -1.81. The molecule has 16 heavy (non-hydrogen) atoms. The lowest BCUT2D eigenvalue weighted by Crippen LogP contribution is -2.11. The summed E-state index contributed by atoms with van der Waals surface area (Å²) >= 11 is 0. The Balaban J connectivity index is 2.46. The molecule has 0 atom stereocenters. The number of nitrogen functional groups attached to an aromatic ring is 1. The molecule has 84 valence electrons. The fourth-order valence-corrected chi connectivity index (χ4v) is 1.73. The maximum Gasteiger partial charge on any atom is 0.146 e. The molecule has 0 unspecified atom stereocenters. The van der Waals surface area contributed by atoms with Crippen LogP contribution in [0.15, 0.2) is 30.3 Å². The van der Waals surface area contributed by atoms with Gasteiger partial charge in [0.25, 0.3) is 0 Å². The van der Waals surface area contributed by atoms with Crippen molar-refractivity contribution in [3.63, 3.8) is 0 Å². The smallest absolute Gasteiger partial charge is 0.146 e. The molecule has 2 aromatic rings. The molecule has 0 saturated heterocycles. The summed E-state index contributed by atoms with van der Waals surface area (Å²) in [5.74, 6) is 0.548. The highest BCUT2D eigenvalue weighted by atomic mass is 15.3. The van der Waals surface area contributed by atoms with Gasteiger partial charge in [-0.1, -0.05) is 12.1 Å². The van der Waals surface area contributed by atoms with Crippen LogP contribution in [-0.2, 0) is 6.54 Å². The van der Waals surface area contributed by atoms with E-state index in [0.717, 1.165) is 17.9 Å². The fourth-order valence-electron chi connectivity index (χ4n) is 1.73. The van der Waals surface area contributed by atoms with E-state index in [2.05, 4.69) is 29.5 Å². The predicted octanol–water partition coefficient (Wildman–Crippen LogP) is 1.48. The highest BCUT2D eigenvalue weighted by molar-refractivity contribution is 5.40. The number of hydrogen-bond acceptors (Lipinski definition) is 3. The number of benzene rings is 1. The summed E-state index contributed by atoms with van der Waals surface area (Å²) in [4.78, 5) is 0. The highest BCUT2D eigenvalue weighted by Gasteiger charge is 2.06. The topological polar surface area (TPSA) is 55.9 Å². The Morgan fingerprint density at radius 2 is 2.19 bits per heavy atom. The Bertz CT molecular complexity index is 488. The SMILES string of the molecule is CNCc1cc(N)nn1-c1cccc(C)c1. The molecule has 4 nitrogen and oxygen atoms in total. The van der Waals surface area contributed by atoms with Crippen LogP contribution in [0.25, 0.3) is 5.69 Å². The van der Waals surface area contributed by atoms with Gasteiger partial charge in [-0.2, -0.15) is 5.10 Å². The lowest BCUT2D eigenvalue weighted by atomic mass is 10.2.